The predicted octanol–water partition coefficient (Wildman–Crippen LogP) is 6.72. The van der Waals surface area contributed by atoms with Gasteiger partial charge in [-0.1, -0.05) is 47.5 Å². The van der Waals surface area contributed by atoms with Gasteiger partial charge in [0.25, 0.3) is 0 Å². The molecular weight excluding hydrogens is 689 g/mol. The molecule has 13 nitrogen and oxygen atoms in total. The summed E-state index contributed by atoms with van der Waals surface area (Å²) in [5.41, 5.74) is 3.32. The summed E-state index contributed by atoms with van der Waals surface area (Å²) in [5, 5.41) is 10.7. The molecule has 0 radical (unpaired) electrons. The summed E-state index contributed by atoms with van der Waals surface area (Å²) in [4.78, 5) is 25.6. The molecule has 0 unspecified atom stereocenters. The first-order valence-corrected chi connectivity index (χ1v) is 16.1. The van der Waals surface area contributed by atoms with Crippen molar-refractivity contribution in [1.82, 2.24) is 24.9 Å². The van der Waals surface area contributed by atoms with Gasteiger partial charge in [0.15, 0.2) is 16.6 Å². The largest absolute Gasteiger partial charge is 0.493 e. The third kappa shape index (κ3) is 8.17. The molecule has 1 aliphatic rings. The summed E-state index contributed by atoms with van der Waals surface area (Å²) in [6.45, 7) is 2.26. The van der Waals surface area contributed by atoms with E-state index in [2.05, 4.69) is 25.9 Å². The van der Waals surface area contributed by atoms with Crippen LogP contribution in [0.5, 0.6) is 17.2 Å². The van der Waals surface area contributed by atoms with Crippen molar-refractivity contribution in [3.63, 3.8) is 0 Å². The van der Waals surface area contributed by atoms with Gasteiger partial charge in [-0.15, -0.1) is 0 Å². The van der Waals surface area contributed by atoms with E-state index in [1.54, 1.807) is 39.5 Å². The van der Waals surface area contributed by atoms with Gasteiger partial charge in [-0.05, 0) is 54.7 Å². The van der Waals surface area contributed by atoms with Gasteiger partial charge in [0.2, 0.25) is 29.5 Å². The van der Waals surface area contributed by atoms with Gasteiger partial charge >= 0.3 is 0 Å². The van der Waals surface area contributed by atoms with Gasteiger partial charge in [-0.2, -0.15) is 15.0 Å². The summed E-state index contributed by atoms with van der Waals surface area (Å²) in [5.74, 6) is 2.43. The predicted molar refractivity (Wildman–Crippen MR) is 195 cm³/mol. The maximum Gasteiger partial charge on any atom is 0.236 e. The maximum atomic E-state index is 6.32. The Bertz CT molecular complexity index is 1940. The van der Waals surface area contributed by atoms with E-state index in [0.29, 0.717) is 82.2 Å². The normalized spacial score (nSPS) is 12.6. The number of thiocarbonyl (C=S) groups is 1. The zero-order chi connectivity index (χ0) is 34.3. The highest BCUT2D eigenvalue weighted by molar-refractivity contribution is 7.80. The Morgan fingerprint density at radius 1 is 0.735 bits per heavy atom. The Labute approximate surface area is 298 Å². The monoisotopic (exact) mass is 719 g/mol. The van der Waals surface area contributed by atoms with Gasteiger partial charge < -0.3 is 34.5 Å². The minimum absolute atomic E-state index is 0.184. The first-order chi connectivity index (χ1) is 23.8. The summed E-state index contributed by atoms with van der Waals surface area (Å²) in [6, 6.07) is 20.1. The highest BCUT2D eigenvalue weighted by Crippen LogP contribution is 2.41. The van der Waals surface area contributed by atoms with Crippen LogP contribution in [-0.2, 0) is 4.74 Å². The Hall–Kier alpha value is -5.02. The Kier molecular flexibility index (Phi) is 10.7. The van der Waals surface area contributed by atoms with E-state index in [-0.39, 0.29) is 23.0 Å². The highest BCUT2D eigenvalue weighted by Gasteiger charge is 2.20. The minimum Gasteiger partial charge on any atom is -0.493 e. The SMILES string of the molecule is COc1cc(-c2cc(-c3ccc(Cl)cc3)nc(Nc3nc(NC(=S)Nc4ccccc4Cl)nc(N4CCOCC4)n3)n2)cc(OC)c1OC. The lowest BCUT2D eigenvalue weighted by molar-refractivity contribution is 0.122. The molecule has 0 spiro atoms. The molecule has 252 valence electrons. The molecule has 5 aromatic rings. The number of methoxy groups -OCH3 is 3. The third-order valence-corrected chi connectivity index (χ3v) is 8.10. The average Bonchev–Trinajstić information content (AvgIpc) is 3.12. The van der Waals surface area contributed by atoms with Crippen LogP contribution in [0.15, 0.2) is 66.7 Å². The van der Waals surface area contributed by atoms with Gasteiger partial charge in [0.05, 0.1) is 56.6 Å². The second kappa shape index (κ2) is 15.5. The van der Waals surface area contributed by atoms with Crippen molar-refractivity contribution in [3.8, 4) is 39.8 Å². The standard InChI is InChI=1S/C33H31Cl2N9O4S/c1-45-26-16-20(17-27(46-2)28(26)47-3)25-18-24(19-8-10-21(34)11-9-19)36-29(37-25)39-30-40-31(42-32(41-30)44-12-14-48-15-13-44)43-33(49)38-23-7-5-4-6-22(23)35/h4-11,16-18H,12-15H2,1-3H3,(H3,36,37,38,39,40,41,42,43,49). The molecular formula is C33H31Cl2N9O4S. The number of benzene rings is 3. The number of anilines is 5. The minimum atomic E-state index is 0.184. The van der Waals surface area contributed by atoms with Crippen LogP contribution in [0.2, 0.25) is 10.0 Å². The number of para-hydroxylation sites is 1. The Morgan fingerprint density at radius 2 is 1.37 bits per heavy atom. The Morgan fingerprint density at radius 3 is 2.02 bits per heavy atom. The van der Waals surface area contributed by atoms with Crippen LogP contribution in [0.1, 0.15) is 0 Å². The number of nitrogens with one attached hydrogen (secondary N) is 3. The topological polar surface area (TPSA) is 141 Å². The van der Waals surface area contributed by atoms with Crippen molar-refractivity contribution in [2.75, 3.05) is 68.5 Å². The summed E-state index contributed by atoms with van der Waals surface area (Å²) in [7, 11) is 4.66. The van der Waals surface area contributed by atoms with Crippen LogP contribution in [-0.4, -0.2) is 77.7 Å². The smallest absolute Gasteiger partial charge is 0.236 e. The van der Waals surface area contributed by atoms with E-state index < -0.39 is 0 Å². The molecule has 3 aromatic carbocycles. The maximum absolute atomic E-state index is 6.32. The molecule has 0 aliphatic carbocycles. The molecule has 1 saturated heterocycles. The summed E-state index contributed by atoms with van der Waals surface area (Å²) in [6.07, 6.45) is 0. The van der Waals surface area contributed by atoms with Gasteiger partial charge in [-0.25, -0.2) is 9.97 Å². The second-order valence-corrected chi connectivity index (χ2v) is 11.7. The zero-order valence-electron chi connectivity index (χ0n) is 26.7. The molecule has 0 atom stereocenters. The molecule has 1 fully saturated rings. The lowest BCUT2D eigenvalue weighted by Gasteiger charge is -2.27. The molecule has 3 heterocycles. The van der Waals surface area contributed by atoms with Gasteiger partial charge in [-0.3, -0.25) is 5.32 Å². The fraction of sp³-hybridized carbons (Fsp3) is 0.212. The molecule has 16 heteroatoms. The zero-order valence-corrected chi connectivity index (χ0v) is 29.0. The van der Waals surface area contributed by atoms with Crippen molar-refractivity contribution in [2.24, 2.45) is 0 Å². The number of morpholine rings is 1. The fourth-order valence-corrected chi connectivity index (χ4v) is 5.46. The van der Waals surface area contributed by atoms with Crippen LogP contribution in [0, 0.1) is 0 Å². The van der Waals surface area contributed by atoms with Crippen molar-refractivity contribution in [3.05, 3.63) is 76.8 Å². The first-order valence-electron chi connectivity index (χ1n) is 15.0. The quantitative estimate of drug-likeness (QED) is 0.132. The Balaban J connectivity index is 1.40. The molecule has 1 aliphatic heterocycles. The van der Waals surface area contributed by atoms with Crippen LogP contribution >= 0.6 is 35.4 Å². The number of hydrogen-bond donors (Lipinski definition) is 3. The number of rotatable bonds is 10. The molecule has 0 amide bonds. The summed E-state index contributed by atoms with van der Waals surface area (Å²) < 4.78 is 22.3. The highest BCUT2D eigenvalue weighted by atomic mass is 35.5. The van der Waals surface area contributed by atoms with Crippen molar-refractivity contribution >= 4 is 70.0 Å². The van der Waals surface area contributed by atoms with E-state index in [4.69, 9.17) is 69.3 Å². The van der Waals surface area contributed by atoms with E-state index in [0.717, 1.165) is 5.56 Å². The molecule has 2 aromatic heterocycles. The van der Waals surface area contributed by atoms with E-state index in [1.807, 2.05) is 53.4 Å². The second-order valence-electron chi connectivity index (χ2n) is 10.4. The lowest BCUT2D eigenvalue weighted by Crippen LogP contribution is -2.37. The van der Waals surface area contributed by atoms with Crippen LogP contribution in [0.4, 0.5) is 29.5 Å². The average molecular weight is 721 g/mol. The van der Waals surface area contributed by atoms with Gasteiger partial charge in [0, 0.05) is 29.2 Å². The van der Waals surface area contributed by atoms with Crippen LogP contribution in [0.25, 0.3) is 22.5 Å². The van der Waals surface area contributed by atoms with Crippen molar-refractivity contribution < 1.29 is 18.9 Å². The van der Waals surface area contributed by atoms with Gasteiger partial charge in [0.1, 0.15) is 0 Å². The molecule has 6 rings (SSSR count). The number of nitrogens with zero attached hydrogens (tertiary/aromatic N) is 6. The molecule has 3 N–H and O–H groups in total. The first kappa shape index (κ1) is 33.9. The van der Waals surface area contributed by atoms with E-state index in [1.165, 1.54) is 0 Å². The fourth-order valence-electron chi connectivity index (χ4n) is 4.95. The van der Waals surface area contributed by atoms with Crippen molar-refractivity contribution in [1.29, 1.82) is 0 Å². The third-order valence-electron chi connectivity index (χ3n) is 7.32. The number of ether oxygens (including phenoxy) is 4. The van der Waals surface area contributed by atoms with E-state index in [9.17, 15) is 0 Å². The lowest BCUT2D eigenvalue weighted by atomic mass is 10.1. The summed E-state index contributed by atoms with van der Waals surface area (Å²) >= 11 is 18.1. The number of aromatic nitrogens is 5. The van der Waals surface area contributed by atoms with E-state index >= 15 is 0 Å². The van der Waals surface area contributed by atoms with Crippen molar-refractivity contribution in [2.45, 2.75) is 0 Å². The number of hydrogen-bond acceptors (Lipinski definition) is 12. The molecule has 49 heavy (non-hydrogen) atoms. The number of halogens is 2. The molecule has 0 bridgehead atoms. The van der Waals surface area contributed by atoms with Crippen LogP contribution in [0.3, 0.4) is 0 Å². The van der Waals surface area contributed by atoms with Crippen LogP contribution < -0.4 is 35.1 Å². The molecule has 0 saturated carbocycles.